The van der Waals surface area contributed by atoms with Crippen LogP contribution in [0.4, 0.5) is 0 Å². The van der Waals surface area contributed by atoms with E-state index in [1.807, 2.05) is 0 Å². The summed E-state index contributed by atoms with van der Waals surface area (Å²) in [5, 5.41) is 0.689. The summed E-state index contributed by atoms with van der Waals surface area (Å²) >= 11 is 11.6. The van der Waals surface area contributed by atoms with Crippen LogP contribution in [0.3, 0.4) is 0 Å². The molecule has 2 rings (SSSR count). The van der Waals surface area contributed by atoms with Crippen LogP contribution in [0.25, 0.3) is 0 Å². The average molecular weight is 271 g/mol. The van der Waals surface area contributed by atoms with Crippen molar-refractivity contribution in [3.05, 3.63) is 45.1 Å². The van der Waals surface area contributed by atoms with E-state index in [-0.39, 0.29) is 12.2 Å². The van der Waals surface area contributed by atoms with Crippen molar-refractivity contribution in [2.75, 3.05) is 0 Å². The molecule has 0 saturated carbocycles. The Labute approximate surface area is 108 Å². The first-order valence-electron chi connectivity index (χ1n) is 4.89. The minimum atomic E-state index is -0.411. The van der Waals surface area contributed by atoms with Gasteiger partial charge in [-0.15, -0.1) is 0 Å². The molecule has 88 valence electrons. The lowest BCUT2D eigenvalue weighted by Gasteiger charge is -2.02. The maximum Gasteiger partial charge on any atom is 0.315 e. The third kappa shape index (κ3) is 2.35. The molecule has 1 aromatic rings. The van der Waals surface area contributed by atoms with E-state index in [2.05, 4.69) is 0 Å². The zero-order chi connectivity index (χ0) is 12.6. The van der Waals surface area contributed by atoms with Gasteiger partial charge in [0.25, 0.3) is 0 Å². The molecule has 0 amide bonds. The number of esters is 1. The summed E-state index contributed by atoms with van der Waals surface area (Å²) in [7, 11) is 0. The molecule has 1 aliphatic heterocycles. The Morgan fingerprint density at radius 2 is 2.00 bits per heavy atom. The molecule has 3 nitrogen and oxygen atoms in total. The van der Waals surface area contributed by atoms with Crippen LogP contribution in [-0.2, 0) is 9.53 Å². The summed E-state index contributed by atoms with van der Waals surface area (Å²) < 4.78 is 4.83. The van der Waals surface area contributed by atoms with Gasteiger partial charge >= 0.3 is 5.97 Å². The highest BCUT2D eigenvalue weighted by Gasteiger charge is 2.27. The number of hydrogen-bond donors (Lipinski definition) is 0. The summed E-state index contributed by atoms with van der Waals surface area (Å²) in [4.78, 5) is 23.1. The minimum absolute atomic E-state index is 0.00487. The van der Waals surface area contributed by atoms with Crippen LogP contribution in [-0.4, -0.2) is 11.8 Å². The lowest BCUT2D eigenvalue weighted by Crippen LogP contribution is -2.04. The Morgan fingerprint density at radius 1 is 1.29 bits per heavy atom. The molecule has 17 heavy (non-hydrogen) atoms. The van der Waals surface area contributed by atoms with E-state index >= 15 is 0 Å². The summed E-state index contributed by atoms with van der Waals surface area (Å²) in [5.41, 5.74) is 0.764. The number of carbonyl (C=O) groups is 2. The Hall–Kier alpha value is -1.32. The predicted molar refractivity (Wildman–Crippen MR) is 64.2 cm³/mol. The normalized spacial score (nSPS) is 15.1. The predicted octanol–water partition coefficient (Wildman–Crippen LogP) is 3.40. The Morgan fingerprint density at radius 3 is 2.53 bits per heavy atom. The number of allylic oxidation sites excluding steroid dienone is 1. The molecular weight excluding hydrogens is 263 g/mol. The Balaban J connectivity index is 2.35. The molecule has 0 unspecified atom stereocenters. The molecule has 0 aliphatic carbocycles. The van der Waals surface area contributed by atoms with Crippen LogP contribution in [0.15, 0.2) is 29.5 Å². The van der Waals surface area contributed by atoms with E-state index in [1.165, 1.54) is 6.07 Å². The van der Waals surface area contributed by atoms with Gasteiger partial charge in [-0.3, -0.25) is 9.59 Å². The highest BCUT2D eigenvalue weighted by atomic mass is 35.5. The van der Waals surface area contributed by atoms with Gasteiger partial charge in [0, 0.05) is 11.1 Å². The van der Waals surface area contributed by atoms with Crippen LogP contribution in [0.5, 0.6) is 0 Å². The number of hydrogen-bond acceptors (Lipinski definition) is 3. The van der Waals surface area contributed by atoms with E-state index in [0.29, 0.717) is 26.9 Å². The van der Waals surface area contributed by atoms with Gasteiger partial charge in [-0.2, -0.15) is 0 Å². The van der Waals surface area contributed by atoms with Crippen molar-refractivity contribution in [3.8, 4) is 0 Å². The molecule has 0 fully saturated rings. The first-order valence-corrected chi connectivity index (χ1v) is 5.65. The maximum absolute atomic E-state index is 12.1. The third-order valence-corrected chi connectivity index (χ3v) is 3.21. The van der Waals surface area contributed by atoms with Crippen LogP contribution in [0, 0.1) is 0 Å². The van der Waals surface area contributed by atoms with Gasteiger partial charge in [-0.25, -0.2) is 0 Å². The van der Waals surface area contributed by atoms with Gasteiger partial charge < -0.3 is 4.74 Å². The topological polar surface area (TPSA) is 43.4 Å². The van der Waals surface area contributed by atoms with Crippen molar-refractivity contribution in [2.24, 2.45) is 0 Å². The summed E-state index contributed by atoms with van der Waals surface area (Å²) in [5.74, 6) is -0.316. The van der Waals surface area contributed by atoms with E-state index in [1.54, 1.807) is 19.1 Å². The van der Waals surface area contributed by atoms with Gasteiger partial charge in [0.05, 0.1) is 16.5 Å². The summed E-state index contributed by atoms with van der Waals surface area (Å²) in [6.45, 7) is 1.59. The number of carbonyl (C=O) groups excluding carboxylic acids is 2. The molecule has 1 aromatic carbocycles. The number of rotatable bonds is 2. The molecule has 0 aromatic heterocycles. The highest BCUT2D eigenvalue weighted by Crippen LogP contribution is 2.27. The smallest absolute Gasteiger partial charge is 0.315 e. The van der Waals surface area contributed by atoms with Gasteiger partial charge in [-0.05, 0) is 25.1 Å². The number of halogens is 2. The maximum atomic E-state index is 12.1. The average Bonchev–Trinajstić information content (AvgIpc) is 2.61. The fourth-order valence-electron chi connectivity index (χ4n) is 1.59. The van der Waals surface area contributed by atoms with Crippen molar-refractivity contribution < 1.29 is 14.3 Å². The van der Waals surface area contributed by atoms with Crippen molar-refractivity contribution in [1.82, 2.24) is 0 Å². The quantitative estimate of drug-likeness (QED) is 0.611. The molecule has 1 aliphatic rings. The molecule has 0 bridgehead atoms. The molecule has 0 atom stereocenters. The van der Waals surface area contributed by atoms with E-state index in [4.69, 9.17) is 27.9 Å². The van der Waals surface area contributed by atoms with Gasteiger partial charge in [0.2, 0.25) is 0 Å². The Bertz CT molecular complexity index is 547. The summed E-state index contributed by atoms with van der Waals surface area (Å²) in [6, 6.07) is 4.60. The third-order valence-electron chi connectivity index (χ3n) is 2.47. The second kappa shape index (κ2) is 4.51. The second-order valence-corrected chi connectivity index (χ2v) is 4.46. The van der Waals surface area contributed by atoms with Crippen LogP contribution in [0.2, 0.25) is 10.0 Å². The number of Topliss-reactive ketones (excluding diaryl/α,β-unsaturated/α-hetero) is 1. The largest absolute Gasteiger partial charge is 0.431 e. The fraction of sp³-hybridized carbons (Fsp3) is 0.167. The van der Waals surface area contributed by atoms with E-state index in [9.17, 15) is 9.59 Å². The van der Waals surface area contributed by atoms with Gasteiger partial charge in [0.1, 0.15) is 5.76 Å². The number of ether oxygens (including phenoxy) is 1. The lowest BCUT2D eigenvalue weighted by atomic mass is 10.0. The SMILES string of the molecule is CC1=C(C(=O)c2ccc(Cl)c(Cl)c2)CC(=O)O1. The summed E-state index contributed by atoms with van der Waals surface area (Å²) in [6.07, 6.45) is 0.00487. The molecule has 0 radical (unpaired) electrons. The Kier molecular flexibility index (Phi) is 3.22. The highest BCUT2D eigenvalue weighted by molar-refractivity contribution is 6.42. The van der Waals surface area contributed by atoms with Gasteiger partial charge in [0.15, 0.2) is 5.78 Å². The number of cyclic esters (lactones) is 1. The van der Waals surface area contributed by atoms with Crippen molar-refractivity contribution >= 4 is 35.0 Å². The molecule has 0 spiro atoms. The zero-order valence-electron chi connectivity index (χ0n) is 8.92. The molecule has 5 heteroatoms. The van der Waals surface area contributed by atoms with Crippen LogP contribution < -0.4 is 0 Å². The lowest BCUT2D eigenvalue weighted by molar-refractivity contribution is -0.136. The monoisotopic (exact) mass is 270 g/mol. The van der Waals surface area contributed by atoms with E-state index < -0.39 is 5.97 Å². The minimum Gasteiger partial charge on any atom is -0.431 e. The zero-order valence-corrected chi connectivity index (χ0v) is 10.4. The standard InChI is InChI=1S/C12H8Cl2O3/c1-6-8(5-11(15)17-6)12(16)7-2-3-9(13)10(14)4-7/h2-4H,5H2,1H3. The molecular formula is C12H8Cl2O3. The van der Waals surface area contributed by atoms with Crippen molar-refractivity contribution in [2.45, 2.75) is 13.3 Å². The molecule has 0 N–H and O–H groups in total. The molecule has 1 heterocycles. The number of benzene rings is 1. The molecule has 0 saturated heterocycles. The van der Waals surface area contributed by atoms with Crippen LogP contribution >= 0.6 is 23.2 Å². The first-order chi connectivity index (χ1) is 7.99. The van der Waals surface area contributed by atoms with Crippen molar-refractivity contribution in [1.29, 1.82) is 0 Å². The van der Waals surface area contributed by atoms with Gasteiger partial charge in [-0.1, -0.05) is 23.2 Å². The van der Waals surface area contributed by atoms with Crippen LogP contribution in [0.1, 0.15) is 23.7 Å². The first kappa shape index (κ1) is 12.1. The number of ketones is 1. The van der Waals surface area contributed by atoms with Crippen molar-refractivity contribution in [3.63, 3.8) is 0 Å². The fourth-order valence-corrected chi connectivity index (χ4v) is 1.89. The second-order valence-electron chi connectivity index (χ2n) is 3.64. The van der Waals surface area contributed by atoms with E-state index in [0.717, 1.165) is 0 Å².